The van der Waals surface area contributed by atoms with E-state index in [2.05, 4.69) is 4.98 Å². The number of hydrogen-bond acceptors (Lipinski definition) is 7. The third-order valence-electron chi connectivity index (χ3n) is 4.43. The molecule has 1 aliphatic rings. The fourth-order valence-corrected chi connectivity index (χ4v) is 2.90. The molecule has 7 nitrogen and oxygen atoms in total. The number of phenols is 1. The lowest BCUT2D eigenvalue weighted by atomic mass is 10.1. The van der Waals surface area contributed by atoms with Gasteiger partial charge in [-0.15, -0.1) is 0 Å². The van der Waals surface area contributed by atoms with Crippen molar-refractivity contribution in [2.24, 2.45) is 0 Å². The van der Waals surface area contributed by atoms with Crippen molar-refractivity contribution in [2.45, 2.75) is 0 Å². The zero-order valence-electron chi connectivity index (χ0n) is 14.5. The highest BCUT2D eigenvalue weighted by molar-refractivity contribution is 5.76. The fourth-order valence-electron chi connectivity index (χ4n) is 2.90. The standard InChI is InChI=1S/C20H16N4O3/c1-24(14-4-7-18-19(9-14)27-11-26-18)13-3-6-17(25)15(8-13)16-5-2-12(10-21)20(22)23-16/h2-9,25H,11H2,1H3,(H2,22,23). The molecule has 0 spiro atoms. The Morgan fingerprint density at radius 3 is 2.59 bits per heavy atom. The van der Waals surface area contributed by atoms with Gasteiger partial charge < -0.3 is 25.2 Å². The summed E-state index contributed by atoms with van der Waals surface area (Å²) >= 11 is 0. The molecule has 7 heteroatoms. The van der Waals surface area contributed by atoms with Crippen molar-refractivity contribution >= 4 is 17.2 Å². The summed E-state index contributed by atoms with van der Waals surface area (Å²) in [6.07, 6.45) is 0. The summed E-state index contributed by atoms with van der Waals surface area (Å²) in [5, 5.41) is 19.3. The third-order valence-corrected chi connectivity index (χ3v) is 4.43. The van der Waals surface area contributed by atoms with E-state index in [9.17, 15) is 5.11 Å². The van der Waals surface area contributed by atoms with E-state index in [-0.39, 0.29) is 18.4 Å². The molecule has 1 aromatic heterocycles. The summed E-state index contributed by atoms with van der Waals surface area (Å²) in [7, 11) is 1.91. The molecule has 0 radical (unpaired) electrons. The smallest absolute Gasteiger partial charge is 0.231 e. The Labute approximate surface area is 155 Å². The van der Waals surface area contributed by atoms with Crippen LogP contribution in [0, 0.1) is 11.3 Å². The number of pyridine rings is 1. The van der Waals surface area contributed by atoms with Gasteiger partial charge in [0.2, 0.25) is 6.79 Å². The number of fused-ring (bicyclic) bond motifs is 1. The Balaban J connectivity index is 1.72. The zero-order valence-corrected chi connectivity index (χ0v) is 14.5. The molecular weight excluding hydrogens is 344 g/mol. The normalized spacial score (nSPS) is 11.9. The predicted octanol–water partition coefficient (Wildman–Crippen LogP) is 3.40. The lowest BCUT2D eigenvalue weighted by Crippen LogP contribution is -2.09. The van der Waals surface area contributed by atoms with Crippen LogP contribution >= 0.6 is 0 Å². The van der Waals surface area contributed by atoms with Crippen molar-refractivity contribution in [1.82, 2.24) is 4.98 Å². The van der Waals surface area contributed by atoms with Crippen molar-refractivity contribution in [3.05, 3.63) is 54.1 Å². The van der Waals surface area contributed by atoms with Gasteiger partial charge >= 0.3 is 0 Å². The van der Waals surface area contributed by atoms with Gasteiger partial charge in [-0.05, 0) is 42.5 Å². The highest BCUT2D eigenvalue weighted by atomic mass is 16.7. The van der Waals surface area contributed by atoms with Gasteiger partial charge in [0.15, 0.2) is 11.5 Å². The molecule has 3 aromatic rings. The van der Waals surface area contributed by atoms with Gasteiger partial charge in [-0.25, -0.2) is 4.98 Å². The molecule has 0 unspecified atom stereocenters. The van der Waals surface area contributed by atoms with Crippen LogP contribution < -0.4 is 20.1 Å². The quantitative estimate of drug-likeness (QED) is 0.737. The summed E-state index contributed by atoms with van der Waals surface area (Å²) in [5.74, 6) is 1.62. The van der Waals surface area contributed by atoms with Crippen LogP contribution in [0.2, 0.25) is 0 Å². The van der Waals surface area contributed by atoms with E-state index in [1.54, 1.807) is 24.3 Å². The first-order valence-corrected chi connectivity index (χ1v) is 8.20. The number of ether oxygens (including phenoxy) is 2. The van der Waals surface area contributed by atoms with Crippen LogP contribution in [0.25, 0.3) is 11.3 Å². The van der Waals surface area contributed by atoms with Gasteiger partial charge in [0.1, 0.15) is 17.6 Å². The number of nitrogens with zero attached hydrogens (tertiary/aromatic N) is 3. The van der Waals surface area contributed by atoms with Crippen LogP contribution in [-0.4, -0.2) is 23.9 Å². The van der Waals surface area contributed by atoms with E-state index < -0.39 is 0 Å². The number of phenolic OH excluding ortho intramolecular Hbond substituents is 1. The number of nitriles is 1. The van der Waals surface area contributed by atoms with E-state index in [4.69, 9.17) is 20.5 Å². The van der Waals surface area contributed by atoms with E-state index in [0.717, 1.165) is 17.1 Å². The molecule has 27 heavy (non-hydrogen) atoms. The minimum Gasteiger partial charge on any atom is -0.507 e. The van der Waals surface area contributed by atoms with Crippen molar-refractivity contribution in [3.8, 4) is 34.6 Å². The minimum atomic E-state index is 0.0782. The monoisotopic (exact) mass is 360 g/mol. The molecule has 0 aliphatic carbocycles. The number of nitrogen functional groups attached to an aromatic ring is 1. The molecule has 4 rings (SSSR count). The zero-order chi connectivity index (χ0) is 19.0. The molecule has 0 amide bonds. The lowest BCUT2D eigenvalue weighted by molar-refractivity contribution is 0.174. The van der Waals surface area contributed by atoms with Gasteiger partial charge in [-0.3, -0.25) is 0 Å². The van der Waals surface area contributed by atoms with Crippen molar-refractivity contribution in [3.63, 3.8) is 0 Å². The molecule has 0 bridgehead atoms. The average molecular weight is 360 g/mol. The van der Waals surface area contributed by atoms with E-state index in [1.165, 1.54) is 0 Å². The van der Waals surface area contributed by atoms with Gasteiger partial charge in [-0.1, -0.05) is 0 Å². The number of nitrogens with two attached hydrogens (primary N) is 1. The second-order valence-corrected chi connectivity index (χ2v) is 6.04. The van der Waals surface area contributed by atoms with Crippen LogP contribution in [0.4, 0.5) is 17.2 Å². The van der Waals surface area contributed by atoms with Crippen LogP contribution in [0.15, 0.2) is 48.5 Å². The topological polar surface area (TPSA) is 105 Å². The molecule has 0 fully saturated rings. The Kier molecular flexibility index (Phi) is 3.94. The second kappa shape index (κ2) is 6.42. The number of aromatic hydroxyl groups is 1. The van der Waals surface area contributed by atoms with Crippen molar-refractivity contribution in [2.75, 3.05) is 24.5 Å². The molecule has 0 saturated heterocycles. The molecule has 1 aliphatic heterocycles. The SMILES string of the molecule is CN(c1ccc2c(c1)OCO2)c1ccc(O)c(-c2ccc(C#N)c(N)n2)c1. The Morgan fingerprint density at radius 1 is 1.07 bits per heavy atom. The summed E-state index contributed by atoms with van der Waals surface area (Å²) in [6.45, 7) is 0.220. The third kappa shape index (κ3) is 2.93. The number of rotatable bonds is 3. The molecular formula is C20H16N4O3. The van der Waals surface area contributed by atoms with Gasteiger partial charge in [0.05, 0.1) is 11.3 Å². The number of hydrogen-bond donors (Lipinski definition) is 2. The number of aromatic nitrogens is 1. The Bertz CT molecular complexity index is 1080. The van der Waals surface area contributed by atoms with Crippen LogP contribution in [0.5, 0.6) is 17.2 Å². The summed E-state index contributed by atoms with van der Waals surface area (Å²) in [6, 6.07) is 16.1. The largest absolute Gasteiger partial charge is 0.507 e. The predicted molar refractivity (Wildman–Crippen MR) is 101 cm³/mol. The first-order valence-electron chi connectivity index (χ1n) is 8.20. The lowest BCUT2D eigenvalue weighted by Gasteiger charge is -2.21. The van der Waals surface area contributed by atoms with E-state index >= 15 is 0 Å². The van der Waals surface area contributed by atoms with Crippen LogP contribution in [0.3, 0.4) is 0 Å². The second-order valence-electron chi connectivity index (χ2n) is 6.04. The van der Waals surface area contributed by atoms with Crippen LogP contribution in [-0.2, 0) is 0 Å². The average Bonchev–Trinajstić information content (AvgIpc) is 3.15. The molecule has 0 atom stereocenters. The summed E-state index contributed by atoms with van der Waals surface area (Å²) in [4.78, 5) is 6.19. The molecule has 2 aromatic carbocycles. The van der Waals surface area contributed by atoms with Gasteiger partial charge in [0.25, 0.3) is 0 Å². The molecule has 3 N–H and O–H groups in total. The Hall–Kier alpha value is -3.92. The first kappa shape index (κ1) is 16.5. The van der Waals surface area contributed by atoms with Crippen molar-refractivity contribution < 1.29 is 14.6 Å². The van der Waals surface area contributed by atoms with Gasteiger partial charge in [0, 0.05) is 30.1 Å². The molecule has 134 valence electrons. The minimum absolute atomic E-state index is 0.0782. The molecule has 0 saturated carbocycles. The number of benzene rings is 2. The maximum Gasteiger partial charge on any atom is 0.231 e. The van der Waals surface area contributed by atoms with E-state index in [0.29, 0.717) is 22.6 Å². The first-order chi connectivity index (χ1) is 13.1. The maximum absolute atomic E-state index is 10.3. The van der Waals surface area contributed by atoms with Gasteiger partial charge in [-0.2, -0.15) is 5.26 Å². The maximum atomic E-state index is 10.3. The Morgan fingerprint density at radius 2 is 1.81 bits per heavy atom. The van der Waals surface area contributed by atoms with Crippen LogP contribution in [0.1, 0.15) is 5.56 Å². The highest BCUT2D eigenvalue weighted by Crippen LogP contribution is 2.39. The number of anilines is 3. The summed E-state index contributed by atoms with van der Waals surface area (Å²) < 4.78 is 10.8. The summed E-state index contributed by atoms with van der Waals surface area (Å²) in [5.41, 5.74) is 8.87. The highest BCUT2D eigenvalue weighted by Gasteiger charge is 2.16. The van der Waals surface area contributed by atoms with Crippen molar-refractivity contribution in [1.29, 1.82) is 5.26 Å². The van der Waals surface area contributed by atoms with E-state index in [1.807, 2.05) is 42.3 Å². The molecule has 2 heterocycles. The fraction of sp³-hybridized carbons (Fsp3) is 0.100.